The van der Waals surface area contributed by atoms with E-state index >= 15 is 0 Å². The normalized spacial score (nSPS) is 11.2. The van der Waals surface area contributed by atoms with Crippen LogP contribution in [0.5, 0.6) is 0 Å². The molecule has 108 valence electrons. The zero-order chi connectivity index (χ0) is 15.1. The molecular formula is C16H11ClN4S. The van der Waals surface area contributed by atoms with E-state index in [1.165, 1.54) is 16.9 Å². The molecular weight excluding hydrogens is 316 g/mol. The molecule has 22 heavy (non-hydrogen) atoms. The van der Waals surface area contributed by atoms with Crippen molar-refractivity contribution < 1.29 is 0 Å². The monoisotopic (exact) mass is 326 g/mol. The van der Waals surface area contributed by atoms with E-state index in [-0.39, 0.29) is 0 Å². The number of nitrogens with zero attached hydrogens (tertiary/aromatic N) is 4. The third-order valence-electron chi connectivity index (χ3n) is 3.34. The predicted molar refractivity (Wildman–Crippen MR) is 89.3 cm³/mol. The van der Waals surface area contributed by atoms with Crippen LogP contribution in [0.3, 0.4) is 0 Å². The van der Waals surface area contributed by atoms with Crippen LogP contribution in [0.4, 0.5) is 0 Å². The molecule has 0 saturated heterocycles. The maximum atomic E-state index is 6.05. The Balaban J connectivity index is 1.86. The molecule has 0 spiro atoms. The fourth-order valence-electron chi connectivity index (χ4n) is 2.32. The topological polar surface area (TPSA) is 43.1 Å². The summed E-state index contributed by atoms with van der Waals surface area (Å²) in [7, 11) is 0. The SMILES string of the molecule is Cc1cccc(-c2nnc3sc(-c4cccc(Cl)c4)nn23)c1. The Kier molecular flexibility index (Phi) is 3.17. The highest BCUT2D eigenvalue weighted by Gasteiger charge is 2.14. The summed E-state index contributed by atoms with van der Waals surface area (Å²) in [5, 5.41) is 14.7. The van der Waals surface area contributed by atoms with Gasteiger partial charge in [-0.3, -0.25) is 0 Å². The standard InChI is InChI=1S/C16H11ClN4S/c1-10-4-2-5-11(8-10)14-18-19-16-21(14)20-15(22-16)12-6-3-7-13(17)9-12/h2-9H,1H3. The minimum atomic E-state index is 0.697. The maximum Gasteiger partial charge on any atom is 0.235 e. The van der Waals surface area contributed by atoms with Crippen molar-refractivity contribution in [3.05, 3.63) is 59.1 Å². The number of fused-ring (bicyclic) bond motifs is 1. The molecule has 0 atom stereocenters. The lowest BCUT2D eigenvalue weighted by Gasteiger charge is -1.99. The van der Waals surface area contributed by atoms with Crippen molar-refractivity contribution in [1.29, 1.82) is 0 Å². The van der Waals surface area contributed by atoms with E-state index in [0.29, 0.717) is 5.02 Å². The third kappa shape index (κ3) is 2.28. The fourth-order valence-corrected chi connectivity index (χ4v) is 3.35. The molecule has 6 heteroatoms. The van der Waals surface area contributed by atoms with E-state index in [1.807, 2.05) is 36.4 Å². The van der Waals surface area contributed by atoms with Crippen LogP contribution in [-0.4, -0.2) is 19.8 Å². The lowest BCUT2D eigenvalue weighted by Crippen LogP contribution is -1.91. The smallest absolute Gasteiger partial charge is 0.182 e. The molecule has 4 rings (SSSR count). The summed E-state index contributed by atoms with van der Waals surface area (Å²) in [5.74, 6) is 0.753. The molecule has 2 aromatic carbocycles. The Morgan fingerprint density at radius 3 is 2.64 bits per heavy atom. The molecule has 0 unspecified atom stereocenters. The lowest BCUT2D eigenvalue weighted by atomic mass is 10.1. The van der Waals surface area contributed by atoms with E-state index in [0.717, 1.165) is 26.9 Å². The Bertz CT molecular complexity index is 973. The second-order valence-electron chi connectivity index (χ2n) is 5.01. The number of hydrogen-bond acceptors (Lipinski definition) is 4. The van der Waals surface area contributed by atoms with Gasteiger partial charge < -0.3 is 0 Å². The number of hydrogen-bond donors (Lipinski definition) is 0. The van der Waals surface area contributed by atoms with Gasteiger partial charge in [0, 0.05) is 16.1 Å². The number of aryl methyl sites for hydroxylation is 1. The maximum absolute atomic E-state index is 6.05. The molecule has 2 aromatic heterocycles. The average Bonchev–Trinajstić information content (AvgIpc) is 3.07. The number of benzene rings is 2. The first-order chi connectivity index (χ1) is 10.7. The van der Waals surface area contributed by atoms with E-state index in [4.69, 9.17) is 11.6 Å². The van der Waals surface area contributed by atoms with Crippen LogP contribution in [0.15, 0.2) is 48.5 Å². The molecule has 0 aliphatic carbocycles. The summed E-state index contributed by atoms with van der Waals surface area (Å²) in [5.41, 5.74) is 3.17. The first-order valence-electron chi connectivity index (χ1n) is 6.76. The van der Waals surface area contributed by atoms with Gasteiger partial charge in [0.1, 0.15) is 5.01 Å². The molecule has 0 saturated carbocycles. The Morgan fingerprint density at radius 1 is 1.00 bits per heavy atom. The Morgan fingerprint density at radius 2 is 1.82 bits per heavy atom. The average molecular weight is 327 g/mol. The van der Waals surface area contributed by atoms with Gasteiger partial charge in [0.15, 0.2) is 5.82 Å². The first-order valence-corrected chi connectivity index (χ1v) is 7.95. The van der Waals surface area contributed by atoms with E-state index < -0.39 is 0 Å². The van der Waals surface area contributed by atoms with Crippen LogP contribution in [0.2, 0.25) is 5.02 Å². The summed E-state index contributed by atoms with van der Waals surface area (Å²) in [6.45, 7) is 2.06. The van der Waals surface area contributed by atoms with Gasteiger partial charge >= 0.3 is 0 Å². The van der Waals surface area contributed by atoms with Gasteiger partial charge in [-0.25, -0.2) is 0 Å². The third-order valence-corrected chi connectivity index (χ3v) is 4.52. The van der Waals surface area contributed by atoms with Gasteiger partial charge in [-0.05, 0) is 25.1 Å². The molecule has 0 N–H and O–H groups in total. The van der Waals surface area contributed by atoms with Gasteiger partial charge in [0.2, 0.25) is 4.96 Å². The highest BCUT2D eigenvalue weighted by molar-refractivity contribution is 7.19. The van der Waals surface area contributed by atoms with Crippen molar-refractivity contribution in [2.45, 2.75) is 6.92 Å². The Labute approximate surface area is 136 Å². The summed E-state index contributed by atoms with van der Waals surface area (Å²) in [6.07, 6.45) is 0. The van der Waals surface area contributed by atoms with Gasteiger partial charge in [-0.15, -0.1) is 10.2 Å². The van der Waals surface area contributed by atoms with Gasteiger partial charge in [-0.1, -0.05) is 58.8 Å². The predicted octanol–water partition coefficient (Wildman–Crippen LogP) is 4.48. The zero-order valence-corrected chi connectivity index (χ0v) is 13.3. The van der Waals surface area contributed by atoms with E-state index in [1.54, 1.807) is 4.52 Å². The molecule has 4 aromatic rings. The highest BCUT2D eigenvalue weighted by atomic mass is 35.5. The molecule has 0 radical (unpaired) electrons. The van der Waals surface area contributed by atoms with Crippen molar-refractivity contribution >= 4 is 27.9 Å². The molecule has 0 aliphatic rings. The summed E-state index contributed by atoms with van der Waals surface area (Å²) in [4.78, 5) is 0.770. The molecule has 4 nitrogen and oxygen atoms in total. The molecule has 0 bridgehead atoms. The van der Waals surface area contributed by atoms with Crippen molar-refractivity contribution in [2.24, 2.45) is 0 Å². The van der Waals surface area contributed by atoms with Gasteiger partial charge in [0.25, 0.3) is 0 Å². The summed E-state index contributed by atoms with van der Waals surface area (Å²) >= 11 is 7.55. The molecule has 0 aliphatic heterocycles. The number of halogens is 1. The minimum Gasteiger partial charge on any atom is -0.182 e. The van der Waals surface area contributed by atoms with Crippen LogP contribution >= 0.6 is 22.9 Å². The second kappa shape index (κ2) is 5.19. The van der Waals surface area contributed by atoms with Crippen LogP contribution in [-0.2, 0) is 0 Å². The van der Waals surface area contributed by atoms with Crippen LogP contribution in [0, 0.1) is 6.92 Å². The second-order valence-corrected chi connectivity index (χ2v) is 6.40. The molecule has 2 heterocycles. The van der Waals surface area contributed by atoms with E-state index in [2.05, 4.69) is 34.4 Å². The quantitative estimate of drug-likeness (QED) is 0.545. The number of rotatable bonds is 2. The highest BCUT2D eigenvalue weighted by Crippen LogP contribution is 2.29. The largest absolute Gasteiger partial charge is 0.235 e. The van der Waals surface area contributed by atoms with Crippen molar-refractivity contribution in [3.63, 3.8) is 0 Å². The summed E-state index contributed by atoms with van der Waals surface area (Å²) < 4.78 is 1.79. The van der Waals surface area contributed by atoms with Crippen molar-refractivity contribution in [2.75, 3.05) is 0 Å². The van der Waals surface area contributed by atoms with Crippen LogP contribution in [0.1, 0.15) is 5.56 Å². The Hall–Kier alpha value is -2.24. The first kappa shape index (κ1) is 13.4. The summed E-state index contributed by atoms with van der Waals surface area (Å²) in [6, 6.07) is 15.8. The van der Waals surface area contributed by atoms with Crippen LogP contribution in [0.25, 0.3) is 26.9 Å². The fraction of sp³-hybridized carbons (Fsp3) is 0.0625. The lowest BCUT2D eigenvalue weighted by molar-refractivity contribution is 0.970. The number of aromatic nitrogens is 4. The van der Waals surface area contributed by atoms with E-state index in [9.17, 15) is 0 Å². The van der Waals surface area contributed by atoms with Crippen LogP contribution < -0.4 is 0 Å². The minimum absolute atomic E-state index is 0.697. The van der Waals surface area contributed by atoms with Crippen molar-refractivity contribution in [1.82, 2.24) is 19.8 Å². The molecule has 0 amide bonds. The van der Waals surface area contributed by atoms with Crippen molar-refractivity contribution in [3.8, 4) is 22.0 Å². The molecule has 0 fully saturated rings. The van der Waals surface area contributed by atoms with Gasteiger partial charge in [0.05, 0.1) is 0 Å². The van der Waals surface area contributed by atoms with Gasteiger partial charge in [-0.2, -0.15) is 9.61 Å². The zero-order valence-electron chi connectivity index (χ0n) is 11.7.